The molecule has 0 aromatic carbocycles. The number of allylic oxidation sites excluding steroid dienone is 6. The maximum Gasteiger partial charge on any atom is 0.249 e. The summed E-state index contributed by atoms with van der Waals surface area (Å²) in [4.78, 5) is 12.6. The number of aliphatic hydroxyl groups excluding tert-OH is 4. The average molecular weight is 1010 g/mol. The van der Waals surface area contributed by atoms with E-state index in [9.17, 15) is 25.2 Å². The minimum absolute atomic E-state index is 0.364. The highest BCUT2D eigenvalue weighted by molar-refractivity contribution is 5.80. The average Bonchev–Trinajstić information content (AvgIpc) is 3.39. The fourth-order valence-corrected chi connectivity index (χ4v) is 10.3. The summed E-state index contributed by atoms with van der Waals surface area (Å²) in [5.41, 5.74) is 0. The van der Waals surface area contributed by atoms with Crippen molar-refractivity contribution in [2.75, 3.05) is 6.61 Å². The van der Waals surface area contributed by atoms with Gasteiger partial charge >= 0.3 is 0 Å². The molecule has 0 spiro atoms. The Morgan fingerprint density at radius 1 is 0.347 bits per heavy atom. The summed E-state index contributed by atoms with van der Waals surface area (Å²) in [5.74, 6) is -0.589. The van der Waals surface area contributed by atoms with E-state index in [1.165, 1.54) is 276 Å². The summed E-state index contributed by atoms with van der Waals surface area (Å²) < 4.78 is 0. The third-order valence-electron chi connectivity index (χ3n) is 15.3. The van der Waals surface area contributed by atoms with Crippen LogP contribution in [0.15, 0.2) is 36.5 Å². The highest BCUT2D eigenvalue weighted by Gasteiger charge is 2.28. The SMILES string of the molecule is CCCCCCCCCCCCCCC/C=C/CCCC(O)C(O)C(CO)NC(=O)C(O)CCCCCCCCCCCCCCCCCC/C=C\C/C=C\CCCCCCCCCCCCCCCCC. The Hall–Kier alpha value is -1.47. The van der Waals surface area contributed by atoms with Gasteiger partial charge in [-0.1, -0.05) is 314 Å². The summed E-state index contributed by atoms with van der Waals surface area (Å²) in [6, 6.07) is -1.00. The summed E-state index contributed by atoms with van der Waals surface area (Å²) in [7, 11) is 0. The zero-order valence-electron chi connectivity index (χ0n) is 48.4. The molecule has 6 heteroatoms. The molecule has 0 bridgehead atoms. The second-order valence-corrected chi connectivity index (χ2v) is 22.5. The lowest BCUT2D eigenvalue weighted by molar-refractivity contribution is -0.132. The zero-order chi connectivity index (χ0) is 52.3. The van der Waals surface area contributed by atoms with Crippen LogP contribution >= 0.6 is 0 Å². The van der Waals surface area contributed by atoms with Crippen molar-refractivity contribution in [3.05, 3.63) is 36.5 Å². The second-order valence-electron chi connectivity index (χ2n) is 22.5. The first-order chi connectivity index (χ1) is 35.5. The molecule has 0 aliphatic heterocycles. The van der Waals surface area contributed by atoms with Crippen molar-refractivity contribution >= 4 is 5.91 Å². The van der Waals surface area contributed by atoms with E-state index in [1.807, 2.05) is 0 Å². The van der Waals surface area contributed by atoms with Gasteiger partial charge in [0.2, 0.25) is 5.91 Å². The van der Waals surface area contributed by atoms with Gasteiger partial charge < -0.3 is 25.7 Å². The molecular formula is C66H127NO5. The van der Waals surface area contributed by atoms with E-state index < -0.39 is 36.9 Å². The molecule has 4 atom stereocenters. The molecule has 6 nitrogen and oxygen atoms in total. The van der Waals surface area contributed by atoms with E-state index in [-0.39, 0.29) is 0 Å². The molecule has 72 heavy (non-hydrogen) atoms. The third kappa shape index (κ3) is 53.4. The number of amides is 1. The van der Waals surface area contributed by atoms with E-state index in [4.69, 9.17) is 0 Å². The van der Waals surface area contributed by atoms with Crippen LogP contribution in [0.25, 0.3) is 0 Å². The highest BCUT2D eigenvalue weighted by atomic mass is 16.3. The lowest BCUT2D eigenvalue weighted by Crippen LogP contribution is -2.53. The fraction of sp³-hybridized carbons (Fsp3) is 0.894. The van der Waals surface area contributed by atoms with Crippen LogP contribution < -0.4 is 5.32 Å². The smallest absolute Gasteiger partial charge is 0.249 e. The van der Waals surface area contributed by atoms with Crippen LogP contribution in [0.1, 0.15) is 348 Å². The molecule has 426 valence electrons. The first-order valence-electron chi connectivity index (χ1n) is 32.4. The van der Waals surface area contributed by atoms with Crippen molar-refractivity contribution in [1.29, 1.82) is 0 Å². The molecule has 0 aliphatic rings. The van der Waals surface area contributed by atoms with Gasteiger partial charge in [0, 0.05) is 0 Å². The van der Waals surface area contributed by atoms with Crippen molar-refractivity contribution in [3.8, 4) is 0 Å². The number of rotatable bonds is 60. The van der Waals surface area contributed by atoms with E-state index >= 15 is 0 Å². The van der Waals surface area contributed by atoms with Gasteiger partial charge in [-0.25, -0.2) is 0 Å². The quantitative estimate of drug-likeness (QED) is 0.0308. The number of hydrogen-bond acceptors (Lipinski definition) is 5. The minimum Gasteiger partial charge on any atom is -0.394 e. The van der Waals surface area contributed by atoms with E-state index in [0.29, 0.717) is 12.8 Å². The molecule has 1 amide bonds. The lowest BCUT2D eigenvalue weighted by atomic mass is 10.00. The van der Waals surface area contributed by atoms with Crippen molar-refractivity contribution < 1.29 is 25.2 Å². The first-order valence-corrected chi connectivity index (χ1v) is 32.4. The van der Waals surface area contributed by atoms with Crippen molar-refractivity contribution in [3.63, 3.8) is 0 Å². The van der Waals surface area contributed by atoms with Gasteiger partial charge in [0.15, 0.2) is 0 Å². The van der Waals surface area contributed by atoms with Gasteiger partial charge in [0.1, 0.15) is 12.2 Å². The van der Waals surface area contributed by atoms with Crippen LogP contribution in [0, 0.1) is 0 Å². The number of nitrogens with one attached hydrogen (secondary N) is 1. The van der Waals surface area contributed by atoms with Gasteiger partial charge in [0.25, 0.3) is 0 Å². The van der Waals surface area contributed by atoms with Crippen LogP contribution in [-0.2, 0) is 4.79 Å². The number of unbranched alkanes of at least 4 members (excludes halogenated alkanes) is 45. The molecule has 0 aromatic heterocycles. The van der Waals surface area contributed by atoms with E-state index in [1.54, 1.807) is 0 Å². The second kappa shape index (κ2) is 60.4. The minimum atomic E-state index is -1.28. The molecule has 0 radical (unpaired) electrons. The Morgan fingerprint density at radius 3 is 0.917 bits per heavy atom. The summed E-state index contributed by atoms with van der Waals surface area (Å²) in [6.45, 7) is 4.08. The normalized spacial score (nSPS) is 13.8. The van der Waals surface area contributed by atoms with Crippen molar-refractivity contribution in [2.24, 2.45) is 0 Å². The standard InChI is InChI=1S/C66H127NO5/c1-3-5-7-9-11-13-15-17-19-21-23-24-25-26-27-28-29-30-31-32-33-34-35-36-37-38-39-40-41-42-44-46-48-50-52-54-56-58-60-64(70)66(72)67-62(61-68)65(71)63(69)59-57-55-53-51-49-47-45-43-22-20-18-16-14-12-10-8-6-4-2/h29-30,32-33,51,53,62-65,68-71H,3-28,31,34-50,52,54-61H2,1-2H3,(H,67,72)/b30-29-,33-32-,53-51+. The Balaban J connectivity index is 3.55. The van der Waals surface area contributed by atoms with E-state index in [2.05, 4.69) is 55.6 Å². The third-order valence-corrected chi connectivity index (χ3v) is 15.3. The first kappa shape index (κ1) is 70.5. The topological polar surface area (TPSA) is 110 Å². The van der Waals surface area contributed by atoms with Crippen LogP contribution in [0.2, 0.25) is 0 Å². The predicted octanol–water partition coefficient (Wildman–Crippen LogP) is 19.5. The van der Waals surface area contributed by atoms with E-state index in [0.717, 1.165) is 44.9 Å². The van der Waals surface area contributed by atoms with Gasteiger partial charge in [0.05, 0.1) is 18.8 Å². The zero-order valence-corrected chi connectivity index (χ0v) is 48.4. The highest BCUT2D eigenvalue weighted by Crippen LogP contribution is 2.18. The monoisotopic (exact) mass is 1010 g/mol. The van der Waals surface area contributed by atoms with Gasteiger partial charge in [-0.05, 0) is 70.6 Å². The molecular weight excluding hydrogens is 887 g/mol. The molecule has 0 heterocycles. The molecule has 0 saturated carbocycles. The number of hydrogen-bond donors (Lipinski definition) is 5. The Labute approximate surface area is 449 Å². The number of aliphatic hydroxyl groups is 4. The number of carbonyl (C=O) groups excluding carboxylic acids is 1. The molecule has 0 aliphatic carbocycles. The van der Waals surface area contributed by atoms with Crippen LogP contribution in [-0.4, -0.2) is 57.3 Å². The summed E-state index contributed by atoms with van der Waals surface area (Å²) in [6.07, 6.45) is 76.9. The summed E-state index contributed by atoms with van der Waals surface area (Å²) in [5, 5.41) is 44.0. The predicted molar refractivity (Wildman–Crippen MR) is 316 cm³/mol. The van der Waals surface area contributed by atoms with Crippen molar-refractivity contribution in [2.45, 2.75) is 372 Å². The Morgan fingerprint density at radius 2 is 0.611 bits per heavy atom. The Bertz CT molecular complexity index is 1140. The molecule has 5 N–H and O–H groups in total. The van der Waals surface area contributed by atoms with Crippen LogP contribution in [0.5, 0.6) is 0 Å². The van der Waals surface area contributed by atoms with Gasteiger partial charge in [-0.15, -0.1) is 0 Å². The lowest BCUT2D eigenvalue weighted by Gasteiger charge is -2.27. The largest absolute Gasteiger partial charge is 0.394 e. The molecule has 0 aromatic rings. The van der Waals surface area contributed by atoms with Crippen LogP contribution in [0.3, 0.4) is 0 Å². The molecule has 0 fully saturated rings. The maximum atomic E-state index is 12.6. The van der Waals surface area contributed by atoms with Crippen molar-refractivity contribution in [1.82, 2.24) is 5.32 Å². The molecule has 0 saturated heterocycles. The van der Waals surface area contributed by atoms with Crippen LogP contribution in [0.4, 0.5) is 0 Å². The molecule has 0 rings (SSSR count). The maximum absolute atomic E-state index is 12.6. The number of carbonyl (C=O) groups is 1. The molecule has 4 unspecified atom stereocenters. The summed E-state index contributed by atoms with van der Waals surface area (Å²) >= 11 is 0. The van der Waals surface area contributed by atoms with Gasteiger partial charge in [-0.2, -0.15) is 0 Å². The fourth-order valence-electron chi connectivity index (χ4n) is 10.3. The van der Waals surface area contributed by atoms with Gasteiger partial charge in [-0.3, -0.25) is 4.79 Å². The Kier molecular flexibility index (Phi) is 59.2.